The molecule has 0 atom stereocenters. The predicted octanol–water partition coefficient (Wildman–Crippen LogP) is 3.63. The Kier molecular flexibility index (Phi) is 2.89. The second-order valence-corrected chi connectivity index (χ2v) is 4.50. The van der Waals surface area contributed by atoms with Gasteiger partial charge in [-0.1, -0.05) is 35.7 Å². The van der Waals surface area contributed by atoms with E-state index in [1.807, 2.05) is 0 Å². The van der Waals surface area contributed by atoms with Crippen LogP contribution in [0.4, 0.5) is 0 Å². The lowest BCUT2D eigenvalue weighted by atomic mass is 10.0. The summed E-state index contributed by atoms with van der Waals surface area (Å²) in [4.78, 5) is 1.05. The highest BCUT2D eigenvalue weighted by Gasteiger charge is 2.02. The van der Waals surface area contributed by atoms with Gasteiger partial charge in [0, 0.05) is 0 Å². The fourth-order valence-corrected chi connectivity index (χ4v) is 2.37. The molecule has 0 radical (unpaired) electrons. The van der Waals surface area contributed by atoms with Crippen LogP contribution in [0.15, 0.2) is 35.7 Å². The van der Waals surface area contributed by atoms with E-state index in [1.54, 1.807) is 11.3 Å². The molecule has 2 rings (SSSR count). The summed E-state index contributed by atoms with van der Waals surface area (Å²) in [6.07, 6.45) is 6.37. The monoisotopic (exact) mass is 212 g/mol. The van der Waals surface area contributed by atoms with E-state index in [0.29, 0.717) is 0 Å². The normalized spacial score (nSPS) is 9.87. The second-order valence-electron chi connectivity index (χ2n) is 3.59. The maximum atomic E-state index is 5.44. The van der Waals surface area contributed by atoms with Crippen LogP contribution in [-0.4, -0.2) is 0 Å². The zero-order chi connectivity index (χ0) is 10.7. The van der Waals surface area contributed by atoms with Crippen LogP contribution in [0, 0.1) is 19.3 Å². The van der Waals surface area contributed by atoms with Crippen molar-refractivity contribution in [3.8, 4) is 12.3 Å². The molecule has 2 aromatic rings. The third-order valence-corrected chi connectivity index (χ3v) is 3.24. The van der Waals surface area contributed by atoms with Crippen LogP contribution in [0.2, 0.25) is 0 Å². The number of terminal acetylenes is 1. The third-order valence-electron chi connectivity index (χ3n) is 2.35. The molecule has 0 aliphatic carbocycles. The average molecular weight is 212 g/mol. The molecule has 0 aliphatic heterocycles. The smallest absolute Gasteiger partial charge is 0.0801 e. The SMILES string of the molecule is C#Cc1sccc1Cc1cccc(C)c1. The first-order valence-electron chi connectivity index (χ1n) is 4.88. The van der Waals surface area contributed by atoms with Gasteiger partial charge in [0.25, 0.3) is 0 Å². The molecule has 0 N–H and O–H groups in total. The first-order valence-corrected chi connectivity index (χ1v) is 5.76. The Bertz CT molecular complexity index is 500. The summed E-state index contributed by atoms with van der Waals surface area (Å²) in [6, 6.07) is 10.7. The van der Waals surface area contributed by atoms with Gasteiger partial charge in [-0.25, -0.2) is 0 Å². The van der Waals surface area contributed by atoms with Gasteiger partial charge in [0.05, 0.1) is 4.88 Å². The predicted molar refractivity (Wildman–Crippen MR) is 66.2 cm³/mol. The van der Waals surface area contributed by atoms with Crippen molar-refractivity contribution in [3.05, 3.63) is 57.3 Å². The molecule has 0 nitrogen and oxygen atoms in total. The number of hydrogen-bond donors (Lipinski definition) is 0. The van der Waals surface area contributed by atoms with E-state index < -0.39 is 0 Å². The van der Waals surface area contributed by atoms with Crippen molar-refractivity contribution in [1.82, 2.24) is 0 Å². The van der Waals surface area contributed by atoms with Gasteiger partial charge in [-0.2, -0.15) is 0 Å². The molecule has 0 aliphatic rings. The Morgan fingerprint density at radius 2 is 2.20 bits per heavy atom. The summed E-state index contributed by atoms with van der Waals surface area (Å²) in [5.41, 5.74) is 3.88. The fraction of sp³-hybridized carbons (Fsp3) is 0.143. The van der Waals surface area contributed by atoms with Crippen molar-refractivity contribution in [2.75, 3.05) is 0 Å². The van der Waals surface area contributed by atoms with Crippen LogP contribution in [0.1, 0.15) is 21.6 Å². The number of rotatable bonds is 2. The molecule has 74 valence electrons. The first-order chi connectivity index (χ1) is 7.29. The maximum Gasteiger partial charge on any atom is 0.0801 e. The van der Waals surface area contributed by atoms with Gasteiger partial charge < -0.3 is 0 Å². The summed E-state index contributed by atoms with van der Waals surface area (Å²) in [5, 5.41) is 2.06. The first kappa shape index (κ1) is 10.0. The zero-order valence-corrected chi connectivity index (χ0v) is 9.47. The van der Waals surface area contributed by atoms with E-state index in [2.05, 4.69) is 48.6 Å². The molecular weight excluding hydrogens is 200 g/mol. The van der Waals surface area contributed by atoms with Crippen LogP contribution in [0.5, 0.6) is 0 Å². The van der Waals surface area contributed by atoms with Crippen molar-refractivity contribution in [2.24, 2.45) is 0 Å². The van der Waals surface area contributed by atoms with Crippen LogP contribution in [0.3, 0.4) is 0 Å². The lowest BCUT2D eigenvalue weighted by Crippen LogP contribution is -1.88. The van der Waals surface area contributed by atoms with E-state index in [9.17, 15) is 0 Å². The number of thiophene rings is 1. The molecule has 0 bridgehead atoms. The molecular formula is C14H12S. The van der Waals surface area contributed by atoms with Gasteiger partial charge in [0.2, 0.25) is 0 Å². The molecule has 0 spiro atoms. The summed E-state index contributed by atoms with van der Waals surface area (Å²) >= 11 is 1.64. The average Bonchev–Trinajstić information content (AvgIpc) is 2.65. The van der Waals surface area contributed by atoms with Crippen molar-refractivity contribution < 1.29 is 0 Å². The standard InChI is InChI=1S/C14H12S/c1-3-14-13(7-8-15-14)10-12-6-4-5-11(2)9-12/h1,4-9H,10H2,2H3. The highest BCUT2D eigenvalue weighted by atomic mass is 32.1. The van der Waals surface area contributed by atoms with Crippen LogP contribution in [-0.2, 0) is 6.42 Å². The minimum atomic E-state index is 0.935. The Morgan fingerprint density at radius 3 is 2.93 bits per heavy atom. The Balaban J connectivity index is 2.26. The number of hydrogen-bond acceptors (Lipinski definition) is 1. The molecule has 0 amide bonds. The molecule has 1 heteroatoms. The summed E-state index contributed by atoms with van der Waals surface area (Å²) in [6.45, 7) is 2.11. The van der Waals surface area contributed by atoms with E-state index in [-0.39, 0.29) is 0 Å². The van der Waals surface area contributed by atoms with E-state index >= 15 is 0 Å². The van der Waals surface area contributed by atoms with E-state index in [4.69, 9.17) is 6.42 Å². The molecule has 0 saturated heterocycles. The van der Waals surface area contributed by atoms with Crippen molar-refractivity contribution in [2.45, 2.75) is 13.3 Å². The summed E-state index contributed by atoms with van der Waals surface area (Å²) in [5.74, 6) is 2.73. The van der Waals surface area contributed by atoms with Gasteiger partial charge in [-0.3, -0.25) is 0 Å². The van der Waals surface area contributed by atoms with Gasteiger partial charge in [0.15, 0.2) is 0 Å². The van der Waals surface area contributed by atoms with Crippen molar-refractivity contribution >= 4 is 11.3 Å². The fourth-order valence-electron chi connectivity index (χ4n) is 1.64. The molecule has 1 heterocycles. The van der Waals surface area contributed by atoms with Crippen molar-refractivity contribution in [3.63, 3.8) is 0 Å². The largest absolute Gasteiger partial charge is 0.135 e. The van der Waals surface area contributed by atoms with Crippen LogP contribution in [0.25, 0.3) is 0 Å². The Hall–Kier alpha value is -1.52. The highest BCUT2D eigenvalue weighted by Crippen LogP contribution is 2.19. The minimum Gasteiger partial charge on any atom is -0.135 e. The molecule has 1 aromatic carbocycles. The van der Waals surface area contributed by atoms with Crippen LogP contribution < -0.4 is 0 Å². The summed E-state index contributed by atoms with van der Waals surface area (Å²) < 4.78 is 0. The quantitative estimate of drug-likeness (QED) is 0.667. The number of aryl methyl sites for hydroxylation is 1. The highest BCUT2D eigenvalue weighted by molar-refractivity contribution is 7.10. The van der Waals surface area contributed by atoms with Crippen molar-refractivity contribution in [1.29, 1.82) is 0 Å². The topological polar surface area (TPSA) is 0 Å². The lowest BCUT2D eigenvalue weighted by molar-refractivity contribution is 1.19. The Labute approximate surface area is 94.6 Å². The van der Waals surface area contributed by atoms with Gasteiger partial charge in [-0.05, 0) is 35.9 Å². The molecule has 0 saturated carbocycles. The Morgan fingerprint density at radius 1 is 1.33 bits per heavy atom. The molecule has 0 unspecified atom stereocenters. The third kappa shape index (κ3) is 2.29. The van der Waals surface area contributed by atoms with E-state index in [0.717, 1.165) is 11.3 Å². The van der Waals surface area contributed by atoms with Gasteiger partial charge >= 0.3 is 0 Å². The van der Waals surface area contributed by atoms with Crippen LogP contribution >= 0.6 is 11.3 Å². The second kappa shape index (κ2) is 4.33. The van der Waals surface area contributed by atoms with E-state index in [1.165, 1.54) is 16.7 Å². The summed E-state index contributed by atoms with van der Waals surface area (Å²) in [7, 11) is 0. The molecule has 15 heavy (non-hydrogen) atoms. The zero-order valence-electron chi connectivity index (χ0n) is 8.66. The maximum absolute atomic E-state index is 5.44. The van der Waals surface area contributed by atoms with Gasteiger partial charge in [-0.15, -0.1) is 17.8 Å². The minimum absolute atomic E-state index is 0.935. The molecule has 1 aromatic heterocycles. The number of benzene rings is 1. The lowest BCUT2D eigenvalue weighted by Gasteiger charge is -2.01. The van der Waals surface area contributed by atoms with Gasteiger partial charge in [0.1, 0.15) is 0 Å². The molecule has 0 fully saturated rings.